The van der Waals surface area contributed by atoms with Crippen LogP contribution in [0.3, 0.4) is 0 Å². The van der Waals surface area contributed by atoms with E-state index in [1.54, 1.807) is 6.07 Å². The van der Waals surface area contributed by atoms with E-state index in [0.717, 1.165) is 18.4 Å². The minimum Gasteiger partial charge on any atom is -0.239 e. The van der Waals surface area contributed by atoms with Gasteiger partial charge in [-0.2, -0.15) is 0 Å². The van der Waals surface area contributed by atoms with Gasteiger partial charge in [-0.15, -0.1) is 5.10 Å². The maximum atomic E-state index is 12.1. The zero-order valence-electron chi connectivity index (χ0n) is 11.9. The Balaban J connectivity index is 2.20. The molecule has 0 aliphatic heterocycles. The van der Waals surface area contributed by atoms with Crippen molar-refractivity contribution < 1.29 is 8.42 Å². The van der Waals surface area contributed by atoms with E-state index in [9.17, 15) is 8.42 Å². The Bertz CT molecular complexity index is 719. The van der Waals surface area contributed by atoms with E-state index >= 15 is 0 Å². The molecular formula is C14H18N4O2S. The number of sulfone groups is 1. The molecule has 0 amide bonds. The maximum absolute atomic E-state index is 12.1. The molecule has 3 rings (SSSR count). The number of H-pyrrole nitrogens is 1. The number of hydrogen-bond acceptors (Lipinski definition) is 5. The molecule has 0 atom stereocenters. The molecule has 0 bridgehead atoms. The van der Waals surface area contributed by atoms with Gasteiger partial charge in [-0.25, -0.2) is 13.5 Å². The van der Waals surface area contributed by atoms with Gasteiger partial charge in [-0.1, -0.05) is 31.4 Å². The van der Waals surface area contributed by atoms with Crippen molar-refractivity contribution in [3.63, 3.8) is 0 Å². The molecule has 0 unspecified atom stereocenters. The normalized spacial score (nSPS) is 17.0. The SMILES string of the molecule is CS(=O)(=O)c1cccc(C2CCCCC2)c1-c1nnn[nH]1. The van der Waals surface area contributed by atoms with Gasteiger partial charge in [0.2, 0.25) is 0 Å². The van der Waals surface area contributed by atoms with E-state index in [2.05, 4.69) is 20.6 Å². The summed E-state index contributed by atoms with van der Waals surface area (Å²) in [6.45, 7) is 0. The molecule has 0 radical (unpaired) electrons. The van der Waals surface area contributed by atoms with Gasteiger partial charge in [0.15, 0.2) is 15.7 Å². The summed E-state index contributed by atoms with van der Waals surface area (Å²) in [5.74, 6) is 0.803. The van der Waals surface area contributed by atoms with E-state index < -0.39 is 9.84 Å². The van der Waals surface area contributed by atoms with Crippen molar-refractivity contribution in [2.24, 2.45) is 0 Å². The van der Waals surface area contributed by atoms with Crippen molar-refractivity contribution in [1.82, 2.24) is 20.6 Å². The molecule has 7 heteroatoms. The Morgan fingerprint density at radius 1 is 1.19 bits per heavy atom. The number of nitrogens with zero attached hydrogens (tertiary/aromatic N) is 3. The minimum atomic E-state index is -3.34. The zero-order chi connectivity index (χ0) is 14.9. The van der Waals surface area contributed by atoms with Crippen LogP contribution in [0.25, 0.3) is 11.4 Å². The lowest BCUT2D eigenvalue weighted by atomic mass is 9.82. The number of hydrogen-bond donors (Lipinski definition) is 1. The molecule has 1 aliphatic carbocycles. The highest BCUT2D eigenvalue weighted by molar-refractivity contribution is 7.90. The molecule has 1 saturated carbocycles. The summed E-state index contributed by atoms with van der Waals surface area (Å²) in [5.41, 5.74) is 1.67. The lowest BCUT2D eigenvalue weighted by molar-refractivity contribution is 0.443. The van der Waals surface area contributed by atoms with E-state index in [-0.39, 0.29) is 0 Å². The Hall–Kier alpha value is -1.76. The van der Waals surface area contributed by atoms with E-state index in [1.165, 1.54) is 25.5 Å². The lowest BCUT2D eigenvalue weighted by Gasteiger charge is -2.24. The van der Waals surface area contributed by atoms with Gasteiger partial charge in [0.25, 0.3) is 0 Å². The number of benzene rings is 1. The first-order valence-electron chi connectivity index (χ1n) is 7.14. The van der Waals surface area contributed by atoms with E-state index in [0.29, 0.717) is 22.2 Å². The fraction of sp³-hybridized carbons (Fsp3) is 0.500. The van der Waals surface area contributed by atoms with Crippen LogP contribution in [-0.2, 0) is 9.84 Å². The molecular weight excluding hydrogens is 288 g/mol. The second kappa shape index (κ2) is 5.55. The molecule has 21 heavy (non-hydrogen) atoms. The van der Waals surface area contributed by atoms with Crippen molar-refractivity contribution >= 4 is 9.84 Å². The van der Waals surface area contributed by atoms with Crippen LogP contribution < -0.4 is 0 Å². The fourth-order valence-corrected chi connectivity index (χ4v) is 4.04. The Morgan fingerprint density at radius 3 is 2.57 bits per heavy atom. The number of rotatable bonds is 3. The van der Waals surface area contributed by atoms with Gasteiger partial charge in [-0.3, -0.25) is 0 Å². The van der Waals surface area contributed by atoms with E-state index in [4.69, 9.17) is 0 Å². The fourth-order valence-electron chi connectivity index (χ4n) is 3.13. The molecule has 1 aromatic carbocycles. The van der Waals surface area contributed by atoms with Crippen LogP contribution in [0, 0.1) is 0 Å². The van der Waals surface area contributed by atoms with Gasteiger partial charge in [0.05, 0.1) is 4.90 Å². The van der Waals surface area contributed by atoms with Crippen LogP contribution in [0.5, 0.6) is 0 Å². The molecule has 0 saturated heterocycles. The van der Waals surface area contributed by atoms with Crippen molar-refractivity contribution in [3.8, 4) is 11.4 Å². The number of aromatic amines is 1. The third-order valence-electron chi connectivity index (χ3n) is 4.09. The van der Waals surface area contributed by atoms with Crippen molar-refractivity contribution in [2.75, 3.05) is 6.26 Å². The summed E-state index contributed by atoms with van der Waals surface area (Å²) in [4.78, 5) is 0.295. The first-order valence-corrected chi connectivity index (χ1v) is 9.03. The highest BCUT2D eigenvalue weighted by Crippen LogP contribution is 2.39. The van der Waals surface area contributed by atoms with Crippen LogP contribution in [-0.4, -0.2) is 35.3 Å². The number of nitrogens with one attached hydrogen (secondary N) is 1. The summed E-state index contributed by atoms with van der Waals surface area (Å²) in [6.07, 6.45) is 7.01. The van der Waals surface area contributed by atoms with Crippen molar-refractivity contribution in [3.05, 3.63) is 23.8 Å². The third kappa shape index (κ3) is 2.83. The summed E-state index contributed by atoms with van der Waals surface area (Å²) in [5, 5.41) is 13.8. The summed E-state index contributed by atoms with van der Waals surface area (Å²) in [6, 6.07) is 5.44. The Labute approximate surface area is 123 Å². The Morgan fingerprint density at radius 2 is 1.95 bits per heavy atom. The summed E-state index contributed by atoms with van der Waals surface area (Å²) in [7, 11) is -3.34. The largest absolute Gasteiger partial charge is 0.239 e. The Kier molecular flexibility index (Phi) is 3.75. The van der Waals surface area contributed by atoms with Crippen LogP contribution in [0.1, 0.15) is 43.6 Å². The summed E-state index contributed by atoms with van der Waals surface area (Å²) < 4.78 is 24.2. The number of tetrazole rings is 1. The second-order valence-electron chi connectivity index (χ2n) is 5.58. The van der Waals surface area contributed by atoms with Gasteiger partial charge >= 0.3 is 0 Å². The van der Waals surface area contributed by atoms with Crippen LogP contribution >= 0.6 is 0 Å². The maximum Gasteiger partial charge on any atom is 0.181 e. The zero-order valence-corrected chi connectivity index (χ0v) is 12.7. The monoisotopic (exact) mass is 306 g/mol. The van der Waals surface area contributed by atoms with Gasteiger partial charge < -0.3 is 0 Å². The van der Waals surface area contributed by atoms with Crippen LogP contribution in [0.2, 0.25) is 0 Å². The quantitative estimate of drug-likeness (QED) is 0.940. The predicted octanol–water partition coefficient (Wildman–Crippen LogP) is 2.32. The van der Waals surface area contributed by atoms with Gasteiger partial charge in [0.1, 0.15) is 0 Å². The second-order valence-corrected chi connectivity index (χ2v) is 7.56. The number of aromatic nitrogens is 4. The lowest BCUT2D eigenvalue weighted by Crippen LogP contribution is -2.10. The average Bonchev–Trinajstić information content (AvgIpc) is 3.00. The van der Waals surface area contributed by atoms with Crippen molar-refractivity contribution in [2.45, 2.75) is 42.9 Å². The first-order chi connectivity index (χ1) is 10.1. The highest BCUT2D eigenvalue weighted by Gasteiger charge is 2.25. The molecule has 2 aromatic rings. The minimum absolute atomic E-state index is 0.295. The molecule has 112 valence electrons. The average molecular weight is 306 g/mol. The predicted molar refractivity (Wildman–Crippen MR) is 78.5 cm³/mol. The van der Waals surface area contributed by atoms with Crippen LogP contribution in [0.4, 0.5) is 0 Å². The van der Waals surface area contributed by atoms with Gasteiger partial charge in [0, 0.05) is 11.8 Å². The molecule has 6 nitrogen and oxygen atoms in total. The molecule has 0 spiro atoms. The van der Waals surface area contributed by atoms with Crippen molar-refractivity contribution in [1.29, 1.82) is 0 Å². The van der Waals surface area contributed by atoms with Crippen LogP contribution in [0.15, 0.2) is 23.1 Å². The molecule has 1 fully saturated rings. The van der Waals surface area contributed by atoms with Gasteiger partial charge in [-0.05, 0) is 40.8 Å². The smallest absolute Gasteiger partial charge is 0.181 e. The highest BCUT2D eigenvalue weighted by atomic mass is 32.2. The molecule has 1 heterocycles. The third-order valence-corrected chi connectivity index (χ3v) is 5.22. The first kappa shape index (κ1) is 14.2. The molecule has 1 aliphatic rings. The topological polar surface area (TPSA) is 88.6 Å². The van der Waals surface area contributed by atoms with E-state index in [1.807, 2.05) is 12.1 Å². The summed E-state index contributed by atoms with van der Waals surface area (Å²) >= 11 is 0. The molecule has 1 N–H and O–H groups in total. The standard InChI is InChI=1S/C14H18N4O2S/c1-21(19,20)12-9-5-8-11(10-6-3-2-4-7-10)13(12)14-15-17-18-16-14/h5,8-10H,2-4,6-7H2,1H3,(H,15,16,17,18). The molecule has 1 aromatic heterocycles.